The largest absolute Gasteiger partial charge is 0.497 e. The fourth-order valence-corrected chi connectivity index (χ4v) is 2.66. The average molecular weight is 402 g/mol. The van der Waals surface area contributed by atoms with Gasteiger partial charge in [-0.15, -0.1) is 0 Å². The molecule has 0 saturated heterocycles. The molecule has 0 aromatic heterocycles. The normalized spacial score (nSPS) is 9.93. The van der Waals surface area contributed by atoms with Crippen LogP contribution in [-0.4, -0.2) is 32.1 Å². The number of amides is 1. The molecule has 0 aliphatic carbocycles. The van der Waals surface area contributed by atoms with Gasteiger partial charge in [0.25, 0.3) is 5.91 Å². The molecule has 0 heterocycles. The van der Waals surface area contributed by atoms with Gasteiger partial charge in [-0.1, -0.05) is 17.7 Å². The van der Waals surface area contributed by atoms with E-state index in [1.165, 1.54) is 13.2 Å². The molecule has 0 bridgehead atoms. The number of nitrogens with zero attached hydrogens (tertiary/aromatic N) is 1. The molecule has 1 amide bonds. The third-order valence-electron chi connectivity index (χ3n) is 3.78. The van der Waals surface area contributed by atoms with Crippen LogP contribution < -0.4 is 15.4 Å². The monoisotopic (exact) mass is 401 g/mol. The second-order valence-corrected chi connectivity index (χ2v) is 6.14. The number of hydrogen-bond acceptors (Lipinski definition) is 6. The van der Waals surface area contributed by atoms with Crippen LogP contribution in [0.1, 0.15) is 28.4 Å². The smallest absolute Gasteiger partial charge is 0.325 e. The molecule has 8 heteroatoms. The standard InChI is InChI=1S/C20H20ClN3O4/c1-3-28-19(25)12-23-18-6-13(10-22)4-5-14(18)11-24-20(26)15-7-16(21)9-17(8-15)27-2/h4-9,23H,3,11-12H2,1-2H3,(H,24,26). The molecule has 0 saturated carbocycles. The molecule has 2 aromatic carbocycles. The topological polar surface area (TPSA) is 100 Å². The number of carbonyl (C=O) groups excluding carboxylic acids is 2. The van der Waals surface area contributed by atoms with Crippen LogP contribution in [0.4, 0.5) is 5.69 Å². The molecule has 0 aliphatic heterocycles. The van der Waals surface area contributed by atoms with E-state index in [0.717, 1.165) is 0 Å². The molecule has 7 nitrogen and oxygen atoms in total. The van der Waals surface area contributed by atoms with Gasteiger partial charge in [-0.25, -0.2) is 0 Å². The lowest BCUT2D eigenvalue weighted by Gasteiger charge is -2.13. The predicted molar refractivity (Wildman–Crippen MR) is 105 cm³/mol. The SMILES string of the molecule is CCOC(=O)CNc1cc(C#N)ccc1CNC(=O)c1cc(Cl)cc(OC)c1. The first kappa shape index (κ1) is 21.1. The Hall–Kier alpha value is -3.24. The molecule has 2 N–H and O–H groups in total. The minimum atomic E-state index is -0.411. The van der Waals surface area contributed by atoms with E-state index in [-0.39, 0.29) is 25.6 Å². The summed E-state index contributed by atoms with van der Waals surface area (Å²) in [6.45, 7) is 2.14. The third kappa shape index (κ3) is 5.89. The highest BCUT2D eigenvalue weighted by Gasteiger charge is 2.11. The summed E-state index contributed by atoms with van der Waals surface area (Å²) in [6, 6.07) is 11.7. The van der Waals surface area contributed by atoms with E-state index < -0.39 is 5.97 Å². The summed E-state index contributed by atoms with van der Waals surface area (Å²) in [7, 11) is 1.49. The van der Waals surface area contributed by atoms with Gasteiger partial charge in [0, 0.05) is 22.8 Å². The summed E-state index contributed by atoms with van der Waals surface area (Å²) in [6.07, 6.45) is 0. The quantitative estimate of drug-likeness (QED) is 0.659. The summed E-state index contributed by atoms with van der Waals surface area (Å²) >= 11 is 6.00. The minimum Gasteiger partial charge on any atom is -0.497 e. The van der Waals surface area contributed by atoms with E-state index in [2.05, 4.69) is 10.6 Å². The molecule has 0 atom stereocenters. The molecule has 28 heavy (non-hydrogen) atoms. The van der Waals surface area contributed by atoms with Crippen LogP contribution in [0.2, 0.25) is 5.02 Å². The second-order valence-electron chi connectivity index (χ2n) is 5.70. The van der Waals surface area contributed by atoms with Crippen molar-refractivity contribution in [2.75, 3.05) is 25.6 Å². The van der Waals surface area contributed by atoms with Crippen molar-refractivity contribution in [1.29, 1.82) is 5.26 Å². The lowest BCUT2D eigenvalue weighted by atomic mass is 10.1. The van der Waals surface area contributed by atoms with Gasteiger partial charge < -0.3 is 20.1 Å². The number of methoxy groups -OCH3 is 1. The van der Waals surface area contributed by atoms with Crippen molar-refractivity contribution >= 4 is 29.2 Å². The zero-order valence-electron chi connectivity index (χ0n) is 15.5. The zero-order chi connectivity index (χ0) is 20.5. The summed E-state index contributed by atoms with van der Waals surface area (Å²) < 4.78 is 10.0. The molecule has 0 spiro atoms. The van der Waals surface area contributed by atoms with Crippen LogP contribution in [0, 0.1) is 11.3 Å². The van der Waals surface area contributed by atoms with Crippen molar-refractivity contribution in [3.8, 4) is 11.8 Å². The summed E-state index contributed by atoms with van der Waals surface area (Å²) in [5, 5.41) is 15.2. The maximum atomic E-state index is 12.5. The summed E-state index contributed by atoms with van der Waals surface area (Å²) in [5.41, 5.74) is 2.07. The lowest BCUT2D eigenvalue weighted by Crippen LogP contribution is -2.24. The highest BCUT2D eigenvalue weighted by Crippen LogP contribution is 2.21. The number of nitrogens with one attached hydrogen (secondary N) is 2. The van der Waals surface area contributed by atoms with Crippen LogP contribution >= 0.6 is 11.6 Å². The van der Waals surface area contributed by atoms with Gasteiger partial charge in [0.15, 0.2) is 0 Å². The Bertz CT molecular complexity index is 909. The Kier molecular flexibility index (Phi) is 7.66. The van der Waals surface area contributed by atoms with E-state index in [1.54, 1.807) is 37.3 Å². The van der Waals surface area contributed by atoms with Crippen molar-refractivity contribution in [3.63, 3.8) is 0 Å². The maximum Gasteiger partial charge on any atom is 0.325 e. The Morgan fingerprint density at radius 1 is 1.21 bits per heavy atom. The van der Waals surface area contributed by atoms with Crippen LogP contribution in [-0.2, 0) is 16.1 Å². The predicted octanol–water partition coefficient (Wildman–Crippen LogP) is 3.13. The first-order valence-corrected chi connectivity index (χ1v) is 8.90. The van der Waals surface area contributed by atoms with Gasteiger partial charge in [0.2, 0.25) is 0 Å². The zero-order valence-corrected chi connectivity index (χ0v) is 16.3. The molecule has 2 aromatic rings. The molecule has 0 unspecified atom stereocenters. The Labute approximate surface area is 168 Å². The van der Waals surface area contributed by atoms with Crippen LogP contribution in [0.15, 0.2) is 36.4 Å². The number of esters is 1. The van der Waals surface area contributed by atoms with Crippen LogP contribution in [0.3, 0.4) is 0 Å². The van der Waals surface area contributed by atoms with Crippen molar-refractivity contribution in [2.45, 2.75) is 13.5 Å². The molecular weight excluding hydrogens is 382 g/mol. The first-order valence-electron chi connectivity index (χ1n) is 8.52. The molecular formula is C20H20ClN3O4. The number of anilines is 1. The number of halogens is 1. The average Bonchev–Trinajstić information content (AvgIpc) is 2.70. The van der Waals surface area contributed by atoms with E-state index in [9.17, 15) is 9.59 Å². The first-order chi connectivity index (χ1) is 13.5. The highest BCUT2D eigenvalue weighted by molar-refractivity contribution is 6.31. The van der Waals surface area contributed by atoms with Gasteiger partial charge >= 0.3 is 5.97 Å². The lowest BCUT2D eigenvalue weighted by molar-refractivity contribution is -0.140. The molecule has 0 fully saturated rings. The van der Waals surface area contributed by atoms with Gasteiger partial charge in [0.1, 0.15) is 12.3 Å². The van der Waals surface area contributed by atoms with Crippen molar-refractivity contribution < 1.29 is 19.1 Å². The van der Waals surface area contributed by atoms with Gasteiger partial charge in [-0.3, -0.25) is 9.59 Å². The van der Waals surface area contributed by atoms with E-state index >= 15 is 0 Å². The number of carbonyl (C=O) groups is 2. The Morgan fingerprint density at radius 2 is 2.00 bits per heavy atom. The molecule has 0 aliphatic rings. The minimum absolute atomic E-state index is 0.0465. The number of ether oxygens (including phenoxy) is 2. The molecule has 146 valence electrons. The molecule has 0 radical (unpaired) electrons. The van der Waals surface area contributed by atoms with Crippen molar-refractivity contribution in [2.24, 2.45) is 0 Å². The number of rotatable bonds is 8. The van der Waals surface area contributed by atoms with Gasteiger partial charge in [-0.05, 0) is 42.8 Å². The van der Waals surface area contributed by atoms with Gasteiger partial charge in [-0.2, -0.15) is 5.26 Å². The van der Waals surface area contributed by atoms with E-state index in [0.29, 0.717) is 33.1 Å². The number of benzene rings is 2. The number of hydrogen-bond donors (Lipinski definition) is 2. The van der Waals surface area contributed by atoms with E-state index in [1.807, 2.05) is 6.07 Å². The van der Waals surface area contributed by atoms with Crippen molar-refractivity contribution in [1.82, 2.24) is 5.32 Å². The van der Waals surface area contributed by atoms with Crippen molar-refractivity contribution in [3.05, 3.63) is 58.1 Å². The maximum absolute atomic E-state index is 12.5. The summed E-state index contributed by atoms with van der Waals surface area (Å²) in [5.74, 6) is -0.264. The molecule has 2 rings (SSSR count). The fraction of sp³-hybridized carbons (Fsp3) is 0.250. The number of nitriles is 1. The van der Waals surface area contributed by atoms with E-state index in [4.69, 9.17) is 26.3 Å². The second kappa shape index (κ2) is 10.2. The highest BCUT2D eigenvalue weighted by atomic mass is 35.5. The summed E-state index contributed by atoms with van der Waals surface area (Å²) in [4.78, 5) is 24.0. The van der Waals surface area contributed by atoms with Crippen LogP contribution in [0.5, 0.6) is 5.75 Å². The van der Waals surface area contributed by atoms with Gasteiger partial charge in [0.05, 0.1) is 25.3 Å². The fourth-order valence-electron chi connectivity index (χ4n) is 2.43. The third-order valence-corrected chi connectivity index (χ3v) is 3.99. The Morgan fingerprint density at radius 3 is 2.68 bits per heavy atom. The van der Waals surface area contributed by atoms with Crippen LogP contribution in [0.25, 0.3) is 0 Å². The Balaban J connectivity index is 2.12.